The molecule has 0 bridgehead atoms. The molecule has 1 aromatic heterocycles. The van der Waals surface area contributed by atoms with E-state index in [1.54, 1.807) is 18.2 Å². The van der Waals surface area contributed by atoms with Crippen LogP contribution in [0.1, 0.15) is 11.1 Å². The van der Waals surface area contributed by atoms with Gasteiger partial charge in [-0.2, -0.15) is 13.2 Å². The molecule has 1 aliphatic rings. The Bertz CT molecular complexity index is 841. The summed E-state index contributed by atoms with van der Waals surface area (Å²) in [6, 6.07) is 6.75. The van der Waals surface area contributed by atoms with Gasteiger partial charge in [-0.05, 0) is 17.7 Å². The maximum Gasteiger partial charge on any atom is 0.422 e. The molecule has 1 unspecified atom stereocenters. The molecular weight excluding hydrogens is 385 g/mol. The van der Waals surface area contributed by atoms with Crippen molar-refractivity contribution in [2.24, 2.45) is 0 Å². The minimum Gasteiger partial charge on any atom is -0.454 e. The zero-order valence-corrected chi connectivity index (χ0v) is 14.5. The minimum atomic E-state index is -4.48. The molecule has 3 rings (SSSR count). The highest BCUT2D eigenvalue weighted by Crippen LogP contribution is 2.29. The number of amides is 1. The lowest BCUT2D eigenvalue weighted by atomic mass is 9.84. The molecule has 0 fully saturated rings. The normalized spacial score (nSPS) is 19.6. The summed E-state index contributed by atoms with van der Waals surface area (Å²) in [5.74, 6) is -0.326. The predicted octanol–water partition coefficient (Wildman–Crippen LogP) is 2.70. The Kier molecular flexibility index (Phi) is 5.33. The van der Waals surface area contributed by atoms with E-state index in [1.807, 2.05) is 12.1 Å². The zero-order chi connectivity index (χ0) is 19.5. The van der Waals surface area contributed by atoms with Gasteiger partial charge < -0.3 is 4.74 Å². The standard InChI is InChI=1S/C17H14ClF3N4O2/c18-13-3-1-11(2-4-13)7-16(6-5-14(26)24-25-16)12-8-22-15(23-9-12)27-10-17(19,20)21/h1-6,8-9,25H,7,10H2,(H,24,26). The maximum atomic E-state index is 12.2. The number of hydrogen-bond donors (Lipinski definition) is 2. The first-order valence-electron chi connectivity index (χ1n) is 7.79. The highest BCUT2D eigenvalue weighted by molar-refractivity contribution is 6.30. The number of halogens is 4. The molecule has 2 heterocycles. The van der Waals surface area contributed by atoms with E-state index in [0.717, 1.165) is 5.56 Å². The van der Waals surface area contributed by atoms with Crippen molar-refractivity contribution < 1.29 is 22.7 Å². The molecule has 1 aromatic carbocycles. The number of carbonyl (C=O) groups is 1. The number of nitrogens with zero attached hydrogens (tertiary/aromatic N) is 2. The fraction of sp³-hybridized carbons (Fsp3) is 0.235. The second-order valence-electron chi connectivity index (χ2n) is 5.88. The van der Waals surface area contributed by atoms with Gasteiger partial charge >= 0.3 is 12.2 Å². The summed E-state index contributed by atoms with van der Waals surface area (Å²) in [7, 11) is 0. The van der Waals surface area contributed by atoms with Gasteiger partial charge in [-0.25, -0.2) is 15.4 Å². The average Bonchev–Trinajstić information content (AvgIpc) is 2.64. The van der Waals surface area contributed by atoms with Gasteiger partial charge in [-0.3, -0.25) is 10.2 Å². The van der Waals surface area contributed by atoms with Gasteiger partial charge in [-0.1, -0.05) is 29.8 Å². The Morgan fingerprint density at radius 2 is 1.81 bits per heavy atom. The Morgan fingerprint density at radius 3 is 2.37 bits per heavy atom. The summed E-state index contributed by atoms with van der Waals surface area (Å²) in [6.45, 7) is -1.48. The van der Waals surface area contributed by atoms with Crippen molar-refractivity contribution in [3.8, 4) is 6.01 Å². The summed E-state index contributed by atoms with van der Waals surface area (Å²) in [4.78, 5) is 19.1. The lowest BCUT2D eigenvalue weighted by Crippen LogP contribution is -2.55. The molecule has 0 saturated carbocycles. The third kappa shape index (κ3) is 4.95. The van der Waals surface area contributed by atoms with Crippen molar-refractivity contribution in [3.63, 3.8) is 0 Å². The first kappa shape index (κ1) is 19.1. The van der Waals surface area contributed by atoms with Crippen LogP contribution in [-0.2, 0) is 16.8 Å². The SMILES string of the molecule is O=C1C=CC(Cc2ccc(Cl)cc2)(c2cnc(OCC(F)(F)F)nc2)NN1. The second kappa shape index (κ2) is 7.53. The van der Waals surface area contributed by atoms with Gasteiger partial charge in [0, 0.05) is 35.5 Å². The number of aromatic nitrogens is 2. The van der Waals surface area contributed by atoms with Crippen LogP contribution in [0, 0.1) is 0 Å². The lowest BCUT2D eigenvalue weighted by molar-refractivity contribution is -0.154. The number of hydrogen-bond acceptors (Lipinski definition) is 5. The fourth-order valence-corrected chi connectivity index (χ4v) is 2.67. The summed E-state index contributed by atoms with van der Waals surface area (Å²) in [5.41, 5.74) is 6.00. The van der Waals surface area contributed by atoms with E-state index in [2.05, 4.69) is 25.6 Å². The van der Waals surface area contributed by atoms with Crippen LogP contribution < -0.4 is 15.6 Å². The van der Waals surface area contributed by atoms with Crippen LogP contribution in [-0.4, -0.2) is 28.7 Å². The van der Waals surface area contributed by atoms with Crippen molar-refractivity contribution in [2.75, 3.05) is 6.61 Å². The summed E-state index contributed by atoms with van der Waals surface area (Å²) in [5, 5.41) is 0.586. The molecule has 1 atom stereocenters. The largest absolute Gasteiger partial charge is 0.454 e. The Balaban J connectivity index is 1.86. The number of hydrazine groups is 1. The van der Waals surface area contributed by atoms with Gasteiger partial charge in [-0.15, -0.1) is 0 Å². The van der Waals surface area contributed by atoms with Crippen molar-refractivity contribution in [2.45, 2.75) is 18.1 Å². The van der Waals surface area contributed by atoms with E-state index >= 15 is 0 Å². The summed E-state index contributed by atoms with van der Waals surface area (Å²) < 4.78 is 41.2. The highest BCUT2D eigenvalue weighted by atomic mass is 35.5. The molecule has 27 heavy (non-hydrogen) atoms. The number of nitrogens with one attached hydrogen (secondary N) is 2. The maximum absolute atomic E-state index is 12.2. The second-order valence-corrected chi connectivity index (χ2v) is 6.32. The molecule has 2 N–H and O–H groups in total. The number of alkyl halides is 3. The van der Waals surface area contributed by atoms with Gasteiger partial charge in [0.1, 0.15) is 0 Å². The molecule has 0 radical (unpaired) electrons. The Hall–Kier alpha value is -2.65. The number of carbonyl (C=O) groups excluding carboxylic acids is 1. The number of benzene rings is 1. The molecule has 2 aromatic rings. The Morgan fingerprint density at radius 1 is 1.15 bits per heavy atom. The van der Waals surface area contributed by atoms with E-state index in [1.165, 1.54) is 18.5 Å². The summed E-state index contributed by atoms with van der Waals surface area (Å²) in [6.07, 6.45) is 1.64. The van der Waals surface area contributed by atoms with Gasteiger partial charge in [0.2, 0.25) is 0 Å². The van der Waals surface area contributed by atoms with Crippen molar-refractivity contribution in [1.29, 1.82) is 0 Å². The van der Waals surface area contributed by atoms with E-state index in [0.29, 0.717) is 17.0 Å². The van der Waals surface area contributed by atoms with Crippen LogP contribution in [0.3, 0.4) is 0 Å². The molecule has 1 aliphatic heterocycles. The number of ether oxygens (including phenoxy) is 1. The van der Waals surface area contributed by atoms with Gasteiger partial charge in [0.05, 0.1) is 5.54 Å². The lowest BCUT2D eigenvalue weighted by Gasteiger charge is -2.34. The highest BCUT2D eigenvalue weighted by Gasteiger charge is 2.34. The van der Waals surface area contributed by atoms with Crippen molar-refractivity contribution in [1.82, 2.24) is 20.8 Å². The topological polar surface area (TPSA) is 76.1 Å². The van der Waals surface area contributed by atoms with E-state index in [-0.39, 0.29) is 11.9 Å². The van der Waals surface area contributed by atoms with E-state index < -0.39 is 18.3 Å². The van der Waals surface area contributed by atoms with Crippen molar-refractivity contribution in [3.05, 3.63) is 65.0 Å². The predicted molar refractivity (Wildman–Crippen MR) is 90.8 cm³/mol. The number of rotatable bonds is 5. The third-order valence-electron chi connectivity index (χ3n) is 3.83. The van der Waals surface area contributed by atoms with Crippen LogP contribution in [0.2, 0.25) is 5.02 Å². The average molecular weight is 399 g/mol. The molecular formula is C17H14ClF3N4O2. The van der Waals surface area contributed by atoms with Crippen LogP contribution in [0.5, 0.6) is 6.01 Å². The molecule has 6 nitrogen and oxygen atoms in total. The van der Waals surface area contributed by atoms with E-state index in [4.69, 9.17) is 11.6 Å². The first-order chi connectivity index (χ1) is 12.8. The van der Waals surface area contributed by atoms with Gasteiger partial charge in [0.15, 0.2) is 6.61 Å². The van der Waals surface area contributed by atoms with Crippen molar-refractivity contribution >= 4 is 17.5 Å². The van der Waals surface area contributed by atoms with Crippen LogP contribution in [0.15, 0.2) is 48.8 Å². The zero-order valence-electron chi connectivity index (χ0n) is 13.8. The monoisotopic (exact) mass is 398 g/mol. The minimum absolute atomic E-state index is 0.326. The molecule has 10 heteroatoms. The molecule has 1 amide bonds. The smallest absolute Gasteiger partial charge is 0.422 e. The molecule has 142 valence electrons. The first-order valence-corrected chi connectivity index (χ1v) is 8.16. The van der Waals surface area contributed by atoms with Crippen LogP contribution in [0.4, 0.5) is 13.2 Å². The van der Waals surface area contributed by atoms with Crippen LogP contribution >= 0.6 is 11.6 Å². The molecule has 0 saturated heterocycles. The summed E-state index contributed by atoms with van der Waals surface area (Å²) >= 11 is 5.90. The molecule has 0 spiro atoms. The van der Waals surface area contributed by atoms with Gasteiger partial charge in [0.25, 0.3) is 5.91 Å². The Labute approximate surface area is 157 Å². The van der Waals surface area contributed by atoms with Crippen LogP contribution in [0.25, 0.3) is 0 Å². The van der Waals surface area contributed by atoms with E-state index in [9.17, 15) is 18.0 Å². The third-order valence-corrected chi connectivity index (χ3v) is 4.08. The quantitative estimate of drug-likeness (QED) is 0.810. The molecule has 0 aliphatic carbocycles. The fourth-order valence-electron chi connectivity index (χ4n) is 2.54.